The summed E-state index contributed by atoms with van der Waals surface area (Å²) in [5.41, 5.74) is 7.04. The second-order valence-electron chi connectivity index (χ2n) is 4.39. The topological polar surface area (TPSA) is 35.2 Å². The molecule has 2 nitrogen and oxygen atoms in total. The van der Waals surface area contributed by atoms with Crippen molar-refractivity contribution in [1.29, 1.82) is 0 Å². The van der Waals surface area contributed by atoms with Crippen LogP contribution >= 0.6 is 0 Å². The van der Waals surface area contributed by atoms with E-state index in [4.69, 9.17) is 10.5 Å². The maximum atomic E-state index is 5.89. The molecule has 0 bridgehead atoms. The Morgan fingerprint density at radius 3 is 2.50 bits per heavy atom. The average Bonchev–Trinajstić information content (AvgIpc) is 2.25. The van der Waals surface area contributed by atoms with Crippen LogP contribution in [0.15, 0.2) is 24.3 Å². The van der Waals surface area contributed by atoms with Crippen molar-refractivity contribution >= 4 is 0 Å². The van der Waals surface area contributed by atoms with Gasteiger partial charge in [-0.3, -0.25) is 0 Å². The summed E-state index contributed by atoms with van der Waals surface area (Å²) in [4.78, 5) is 0. The number of nitrogens with two attached hydrogens (primary N) is 1. The van der Waals surface area contributed by atoms with E-state index in [0.29, 0.717) is 6.10 Å². The molecular weight excluding hydrogens is 198 g/mol. The Morgan fingerprint density at radius 2 is 1.94 bits per heavy atom. The van der Waals surface area contributed by atoms with Gasteiger partial charge in [-0.1, -0.05) is 26.0 Å². The van der Waals surface area contributed by atoms with Crippen molar-refractivity contribution in [3.8, 4) is 5.75 Å². The van der Waals surface area contributed by atoms with Crippen LogP contribution in [-0.4, -0.2) is 12.1 Å². The molecule has 1 aromatic carbocycles. The van der Waals surface area contributed by atoms with E-state index in [-0.39, 0.29) is 6.04 Å². The first kappa shape index (κ1) is 13.0. The molecule has 0 spiro atoms. The molecule has 0 heterocycles. The standard InChI is InChI=1S/C14H23NO/c1-4-13(5-2)16-14-8-6-7-12(10-14)9-11(3)15/h6-8,10-11,13H,4-5,9,15H2,1-3H3. The van der Waals surface area contributed by atoms with Gasteiger partial charge in [0.1, 0.15) is 5.75 Å². The number of benzene rings is 1. The minimum absolute atomic E-state index is 0.198. The van der Waals surface area contributed by atoms with Gasteiger partial charge in [-0.2, -0.15) is 0 Å². The van der Waals surface area contributed by atoms with E-state index in [0.717, 1.165) is 25.0 Å². The average molecular weight is 221 g/mol. The van der Waals surface area contributed by atoms with Crippen LogP contribution in [0, 0.1) is 0 Å². The molecule has 2 heteroatoms. The summed E-state index contributed by atoms with van der Waals surface area (Å²) in [7, 11) is 0. The zero-order chi connectivity index (χ0) is 12.0. The molecule has 0 fully saturated rings. The zero-order valence-corrected chi connectivity index (χ0v) is 10.6. The molecule has 0 aliphatic carbocycles. The van der Waals surface area contributed by atoms with E-state index in [2.05, 4.69) is 26.0 Å². The van der Waals surface area contributed by atoms with Crippen molar-refractivity contribution in [3.05, 3.63) is 29.8 Å². The molecule has 1 atom stereocenters. The van der Waals surface area contributed by atoms with Gasteiger partial charge in [0.15, 0.2) is 0 Å². The summed E-state index contributed by atoms with van der Waals surface area (Å²) >= 11 is 0. The van der Waals surface area contributed by atoms with Crippen LogP contribution in [0.3, 0.4) is 0 Å². The Kier molecular flexibility index (Phi) is 5.33. The predicted molar refractivity (Wildman–Crippen MR) is 68.8 cm³/mol. The van der Waals surface area contributed by atoms with Crippen molar-refractivity contribution in [2.45, 2.75) is 52.2 Å². The zero-order valence-electron chi connectivity index (χ0n) is 10.6. The third-order valence-electron chi connectivity index (χ3n) is 2.67. The Morgan fingerprint density at radius 1 is 1.25 bits per heavy atom. The molecule has 0 radical (unpaired) electrons. The second-order valence-corrected chi connectivity index (χ2v) is 4.39. The quantitative estimate of drug-likeness (QED) is 0.801. The highest BCUT2D eigenvalue weighted by Gasteiger charge is 2.06. The molecular formula is C14H23NO. The fraction of sp³-hybridized carbons (Fsp3) is 0.571. The van der Waals surface area contributed by atoms with Crippen molar-refractivity contribution in [1.82, 2.24) is 0 Å². The highest BCUT2D eigenvalue weighted by atomic mass is 16.5. The largest absolute Gasteiger partial charge is 0.490 e. The molecule has 0 amide bonds. The van der Waals surface area contributed by atoms with E-state index in [9.17, 15) is 0 Å². The maximum Gasteiger partial charge on any atom is 0.119 e. The van der Waals surface area contributed by atoms with E-state index in [1.54, 1.807) is 0 Å². The third-order valence-corrected chi connectivity index (χ3v) is 2.67. The number of rotatable bonds is 6. The third kappa shape index (κ3) is 4.23. The Balaban J connectivity index is 2.66. The van der Waals surface area contributed by atoms with Crippen LogP contribution in [0.25, 0.3) is 0 Å². The minimum atomic E-state index is 0.198. The predicted octanol–water partition coefficient (Wildman–Crippen LogP) is 3.14. The fourth-order valence-electron chi connectivity index (χ4n) is 1.77. The van der Waals surface area contributed by atoms with Crippen LogP contribution < -0.4 is 10.5 Å². The van der Waals surface area contributed by atoms with E-state index < -0.39 is 0 Å². The van der Waals surface area contributed by atoms with Gasteiger partial charge in [0.2, 0.25) is 0 Å². The molecule has 1 rings (SSSR count). The van der Waals surface area contributed by atoms with Gasteiger partial charge in [-0.05, 0) is 43.9 Å². The Bertz CT molecular complexity index is 305. The van der Waals surface area contributed by atoms with Crippen molar-refractivity contribution < 1.29 is 4.74 Å². The summed E-state index contributed by atoms with van der Waals surface area (Å²) in [5, 5.41) is 0. The number of hydrogen-bond donors (Lipinski definition) is 1. The van der Waals surface area contributed by atoms with Gasteiger partial charge >= 0.3 is 0 Å². The monoisotopic (exact) mass is 221 g/mol. The van der Waals surface area contributed by atoms with Gasteiger partial charge < -0.3 is 10.5 Å². The lowest BCUT2D eigenvalue weighted by Crippen LogP contribution is -2.18. The van der Waals surface area contributed by atoms with Gasteiger partial charge in [0.05, 0.1) is 6.10 Å². The van der Waals surface area contributed by atoms with Gasteiger partial charge in [0, 0.05) is 6.04 Å². The highest BCUT2D eigenvalue weighted by molar-refractivity contribution is 5.29. The Hall–Kier alpha value is -1.02. The molecule has 1 unspecified atom stereocenters. The summed E-state index contributed by atoms with van der Waals surface area (Å²) < 4.78 is 5.89. The van der Waals surface area contributed by atoms with Crippen LogP contribution in [0.5, 0.6) is 5.75 Å². The van der Waals surface area contributed by atoms with Crippen molar-refractivity contribution in [2.75, 3.05) is 0 Å². The second kappa shape index (κ2) is 6.54. The Labute approximate surface area is 98.8 Å². The normalized spacial score (nSPS) is 12.8. The SMILES string of the molecule is CCC(CC)Oc1cccc(CC(C)N)c1. The lowest BCUT2D eigenvalue weighted by molar-refractivity contribution is 0.192. The number of hydrogen-bond acceptors (Lipinski definition) is 2. The molecule has 16 heavy (non-hydrogen) atoms. The number of ether oxygens (including phenoxy) is 1. The van der Waals surface area contributed by atoms with Crippen LogP contribution in [-0.2, 0) is 6.42 Å². The summed E-state index contributed by atoms with van der Waals surface area (Å²) in [6.45, 7) is 6.33. The lowest BCUT2D eigenvalue weighted by Gasteiger charge is -2.16. The molecule has 2 N–H and O–H groups in total. The fourth-order valence-corrected chi connectivity index (χ4v) is 1.77. The smallest absolute Gasteiger partial charge is 0.119 e. The first-order chi connectivity index (χ1) is 7.65. The van der Waals surface area contributed by atoms with Gasteiger partial charge in [0.25, 0.3) is 0 Å². The van der Waals surface area contributed by atoms with Crippen LogP contribution in [0.4, 0.5) is 0 Å². The molecule has 0 aromatic heterocycles. The molecule has 0 saturated carbocycles. The van der Waals surface area contributed by atoms with Crippen LogP contribution in [0.2, 0.25) is 0 Å². The molecule has 0 saturated heterocycles. The van der Waals surface area contributed by atoms with Crippen molar-refractivity contribution in [2.24, 2.45) is 5.73 Å². The summed E-state index contributed by atoms with van der Waals surface area (Å²) in [5.74, 6) is 0.965. The van der Waals surface area contributed by atoms with Crippen LogP contribution in [0.1, 0.15) is 39.2 Å². The van der Waals surface area contributed by atoms with Gasteiger partial charge in [-0.25, -0.2) is 0 Å². The molecule has 1 aromatic rings. The molecule has 0 aliphatic heterocycles. The lowest BCUT2D eigenvalue weighted by atomic mass is 10.1. The first-order valence-corrected chi connectivity index (χ1v) is 6.16. The minimum Gasteiger partial charge on any atom is -0.490 e. The molecule has 90 valence electrons. The van der Waals surface area contributed by atoms with Gasteiger partial charge in [-0.15, -0.1) is 0 Å². The maximum absolute atomic E-state index is 5.89. The molecule has 0 aliphatic rings. The van der Waals surface area contributed by atoms with E-state index in [1.165, 1.54) is 5.56 Å². The van der Waals surface area contributed by atoms with E-state index >= 15 is 0 Å². The highest BCUT2D eigenvalue weighted by Crippen LogP contribution is 2.17. The van der Waals surface area contributed by atoms with Crippen molar-refractivity contribution in [3.63, 3.8) is 0 Å². The summed E-state index contributed by atoms with van der Waals surface area (Å²) in [6.07, 6.45) is 3.33. The first-order valence-electron chi connectivity index (χ1n) is 6.16. The summed E-state index contributed by atoms with van der Waals surface area (Å²) in [6, 6.07) is 8.45. The van der Waals surface area contributed by atoms with E-state index in [1.807, 2.05) is 19.1 Å².